The second kappa shape index (κ2) is 4.07. The lowest BCUT2D eigenvalue weighted by atomic mass is 9.79. The highest BCUT2D eigenvalue weighted by Gasteiger charge is 2.51. The number of esters is 1. The zero-order valence-electron chi connectivity index (χ0n) is 11.2. The lowest BCUT2D eigenvalue weighted by molar-refractivity contribution is -0.144. The van der Waals surface area contributed by atoms with Gasteiger partial charge in [0.25, 0.3) is 0 Å². The van der Waals surface area contributed by atoms with Crippen molar-refractivity contribution in [3.8, 4) is 0 Å². The first-order chi connectivity index (χ1) is 9.25. The summed E-state index contributed by atoms with van der Waals surface area (Å²) in [5, 5.41) is 0. The smallest absolute Gasteiger partial charge is 0.310 e. The molecule has 1 aromatic carbocycles. The Hall–Kier alpha value is -1.35. The fourth-order valence-electron chi connectivity index (χ4n) is 4.28. The van der Waals surface area contributed by atoms with Crippen molar-refractivity contribution in [2.45, 2.75) is 44.4 Å². The molecule has 4 atom stereocenters. The summed E-state index contributed by atoms with van der Waals surface area (Å²) in [6.45, 7) is 3.11. The summed E-state index contributed by atoms with van der Waals surface area (Å²) in [5.74, 6) is 0.131. The minimum atomic E-state index is 0.0230. The lowest BCUT2D eigenvalue weighted by Crippen LogP contribution is -2.52. The van der Waals surface area contributed by atoms with Gasteiger partial charge < -0.3 is 4.74 Å². The third-order valence-electron chi connectivity index (χ3n) is 5.09. The number of fused-ring (bicyclic) bond motifs is 5. The maximum atomic E-state index is 11.9. The van der Waals surface area contributed by atoms with E-state index in [9.17, 15) is 4.79 Å². The van der Waals surface area contributed by atoms with E-state index in [0.717, 1.165) is 25.8 Å². The van der Waals surface area contributed by atoms with Crippen molar-refractivity contribution in [2.75, 3.05) is 6.54 Å². The van der Waals surface area contributed by atoms with E-state index < -0.39 is 0 Å². The van der Waals surface area contributed by atoms with Crippen LogP contribution in [-0.4, -0.2) is 29.6 Å². The Kier molecular flexibility index (Phi) is 2.46. The fraction of sp³-hybridized carbons (Fsp3) is 0.562. The summed E-state index contributed by atoms with van der Waals surface area (Å²) >= 11 is 0. The third-order valence-corrected chi connectivity index (χ3v) is 5.09. The normalized spacial score (nSPS) is 37.2. The number of carbonyl (C=O) groups excluding carboxylic acids is 1. The fourth-order valence-corrected chi connectivity index (χ4v) is 4.28. The molecule has 1 aromatic rings. The lowest BCUT2D eigenvalue weighted by Gasteiger charge is -2.46. The van der Waals surface area contributed by atoms with E-state index in [4.69, 9.17) is 4.74 Å². The van der Waals surface area contributed by atoms with Crippen LogP contribution in [0, 0.1) is 5.92 Å². The third kappa shape index (κ3) is 1.57. The van der Waals surface area contributed by atoms with Gasteiger partial charge in [-0.2, -0.15) is 0 Å². The van der Waals surface area contributed by atoms with Crippen molar-refractivity contribution in [2.24, 2.45) is 5.92 Å². The van der Waals surface area contributed by atoms with Gasteiger partial charge in [-0.25, -0.2) is 0 Å². The van der Waals surface area contributed by atoms with Crippen molar-refractivity contribution < 1.29 is 9.53 Å². The van der Waals surface area contributed by atoms with Gasteiger partial charge in [-0.15, -0.1) is 0 Å². The molecule has 0 aliphatic carbocycles. The van der Waals surface area contributed by atoms with E-state index >= 15 is 0 Å². The van der Waals surface area contributed by atoms with Crippen LogP contribution in [0.4, 0.5) is 0 Å². The number of ether oxygens (including phenoxy) is 1. The van der Waals surface area contributed by atoms with E-state index in [-0.39, 0.29) is 18.0 Å². The van der Waals surface area contributed by atoms with E-state index in [0.29, 0.717) is 12.1 Å². The van der Waals surface area contributed by atoms with Crippen molar-refractivity contribution in [3.63, 3.8) is 0 Å². The minimum Gasteiger partial charge on any atom is -0.461 e. The molecule has 3 heteroatoms. The molecule has 19 heavy (non-hydrogen) atoms. The van der Waals surface area contributed by atoms with Gasteiger partial charge in [0.1, 0.15) is 6.10 Å². The molecule has 0 unspecified atom stereocenters. The van der Waals surface area contributed by atoms with E-state index in [1.54, 1.807) is 0 Å². The van der Waals surface area contributed by atoms with Crippen LogP contribution in [0.3, 0.4) is 0 Å². The Morgan fingerprint density at radius 1 is 1.26 bits per heavy atom. The monoisotopic (exact) mass is 257 g/mol. The molecular weight excluding hydrogens is 238 g/mol. The van der Waals surface area contributed by atoms with E-state index in [1.807, 2.05) is 6.92 Å². The summed E-state index contributed by atoms with van der Waals surface area (Å²) in [7, 11) is 0. The van der Waals surface area contributed by atoms with Crippen LogP contribution in [0.15, 0.2) is 24.3 Å². The number of piperidine rings is 1. The molecule has 3 aliphatic heterocycles. The molecule has 3 nitrogen and oxygen atoms in total. The Labute approximate surface area is 113 Å². The zero-order valence-corrected chi connectivity index (χ0v) is 11.2. The van der Waals surface area contributed by atoms with Gasteiger partial charge in [-0.3, -0.25) is 9.69 Å². The van der Waals surface area contributed by atoms with Gasteiger partial charge in [-0.05, 0) is 37.3 Å². The molecule has 100 valence electrons. The Morgan fingerprint density at radius 2 is 2.11 bits per heavy atom. The Bertz CT molecular complexity index is 527. The Morgan fingerprint density at radius 3 is 3.00 bits per heavy atom. The zero-order chi connectivity index (χ0) is 13.0. The average molecular weight is 257 g/mol. The number of hydrogen-bond acceptors (Lipinski definition) is 3. The van der Waals surface area contributed by atoms with Crippen LogP contribution < -0.4 is 0 Å². The van der Waals surface area contributed by atoms with Gasteiger partial charge >= 0.3 is 5.97 Å². The van der Waals surface area contributed by atoms with Crippen LogP contribution in [0.1, 0.15) is 36.9 Å². The average Bonchev–Trinajstić information content (AvgIpc) is 2.74. The van der Waals surface area contributed by atoms with Crippen molar-refractivity contribution in [3.05, 3.63) is 35.4 Å². The van der Waals surface area contributed by atoms with Gasteiger partial charge in [0.15, 0.2) is 0 Å². The minimum absolute atomic E-state index is 0.0230. The largest absolute Gasteiger partial charge is 0.461 e. The van der Waals surface area contributed by atoms with Crippen LogP contribution >= 0.6 is 0 Å². The maximum absolute atomic E-state index is 11.9. The maximum Gasteiger partial charge on any atom is 0.310 e. The number of hydrogen-bond donors (Lipinski definition) is 0. The predicted molar refractivity (Wildman–Crippen MR) is 71.7 cm³/mol. The van der Waals surface area contributed by atoms with Crippen LogP contribution in [0.2, 0.25) is 0 Å². The molecule has 2 saturated heterocycles. The molecule has 0 aromatic heterocycles. The van der Waals surface area contributed by atoms with Crippen LogP contribution in [0.5, 0.6) is 0 Å². The van der Waals surface area contributed by atoms with E-state index in [2.05, 4.69) is 29.2 Å². The standard InChI is InChI=1S/C16H19NO2/c1-10-15-13(16(18)19-10)6-7-14-12-5-3-2-4-11(12)8-9-17(14)15/h2-5,10,13-15H,6-9H2,1H3/t10-,13-,14-,15+/m1/s1. The highest BCUT2D eigenvalue weighted by atomic mass is 16.6. The van der Waals surface area contributed by atoms with Gasteiger partial charge in [0.2, 0.25) is 0 Å². The molecule has 0 N–H and O–H groups in total. The van der Waals surface area contributed by atoms with Crippen LogP contribution in [-0.2, 0) is 16.0 Å². The van der Waals surface area contributed by atoms with Gasteiger partial charge in [-0.1, -0.05) is 24.3 Å². The van der Waals surface area contributed by atoms with Crippen molar-refractivity contribution >= 4 is 5.97 Å². The number of cyclic esters (lactones) is 1. The van der Waals surface area contributed by atoms with Gasteiger partial charge in [0, 0.05) is 12.6 Å². The topological polar surface area (TPSA) is 29.5 Å². The first-order valence-electron chi connectivity index (χ1n) is 7.30. The number of nitrogens with zero attached hydrogens (tertiary/aromatic N) is 1. The first-order valence-corrected chi connectivity index (χ1v) is 7.30. The molecule has 3 heterocycles. The van der Waals surface area contributed by atoms with E-state index in [1.165, 1.54) is 11.1 Å². The number of benzene rings is 1. The number of carbonyl (C=O) groups is 1. The summed E-state index contributed by atoms with van der Waals surface area (Å²) in [4.78, 5) is 14.4. The second-order valence-electron chi connectivity index (χ2n) is 6.02. The Balaban J connectivity index is 1.72. The van der Waals surface area contributed by atoms with Crippen molar-refractivity contribution in [1.29, 1.82) is 0 Å². The predicted octanol–water partition coefficient (Wildman–Crippen LogP) is 2.31. The quantitative estimate of drug-likeness (QED) is 0.668. The molecule has 3 aliphatic rings. The molecule has 0 bridgehead atoms. The summed E-state index contributed by atoms with van der Waals surface area (Å²) < 4.78 is 5.46. The molecule has 0 spiro atoms. The molecule has 0 amide bonds. The summed E-state index contributed by atoms with van der Waals surface area (Å²) in [5.41, 5.74) is 2.96. The summed E-state index contributed by atoms with van der Waals surface area (Å²) in [6, 6.07) is 9.55. The second-order valence-corrected chi connectivity index (χ2v) is 6.02. The molecule has 4 rings (SSSR count). The first kappa shape index (κ1) is 11.5. The number of rotatable bonds is 0. The molecule has 0 saturated carbocycles. The highest BCUT2D eigenvalue weighted by molar-refractivity contribution is 5.76. The SMILES string of the molecule is C[C@H]1OC(=O)[C@@H]2CC[C@@H]3c4ccccc4CCN3[C@@H]12. The molecule has 0 radical (unpaired) electrons. The molecule has 2 fully saturated rings. The summed E-state index contributed by atoms with van der Waals surface area (Å²) in [6.07, 6.45) is 3.20. The molecular formula is C16H19NO2. The van der Waals surface area contributed by atoms with Gasteiger partial charge in [0.05, 0.1) is 12.0 Å². The highest BCUT2D eigenvalue weighted by Crippen LogP contribution is 2.45. The van der Waals surface area contributed by atoms with Crippen molar-refractivity contribution in [1.82, 2.24) is 4.90 Å². The van der Waals surface area contributed by atoms with Crippen LogP contribution in [0.25, 0.3) is 0 Å².